The zero-order valence-electron chi connectivity index (χ0n) is 14.2. The number of halogens is 5. The zero-order valence-corrected chi connectivity index (χ0v) is 14.2. The molecule has 0 aliphatic carbocycles. The highest BCUT2D eigenvalue weighted by atomic mass is 19.4. The maximum absolute atomic E-state index is 14.0. The number of benzene rings is 2. The van der Waals surface area contributed by atoms with Crippen LogP contribution in [0.5, 0.6) is 11.5 Å². The third kappa shape index (κ3) is 4.73. The largest absolute Gasteiger partial charge is 0.449 e. The zero-order chi connectivity index (χ0) is 21.1. The van der Waals surface area contributed by atoms with Gasteiger partial charge in [0, 0.05) is 0 Å². The SMILES string of the molecule is Cc1ccc(Oc2c(F)cc(C(F)(F)F)cc2F)c(N/N=C(\C#N)C(=N)N)c1. The minimum atomic E-state index is -4.92. The van der Waals surface area contributed by atoms with E-state index in [9.17, 15) is 22.0 Å². The number of nitrogens with zero attached hydrogens (tertiary/aromatic N) is 2. The van der Waals surface area contributed by atoms with Gasteiger partial charge in [-0.3, -0.25) is 10.8 Å². The second-order valence-corrected chi connectivity index (χ2v) is 5.47. The van der Waals surface area contributed by atoms with Gasteiger partial charge in [-0.1, -0.05) is 6.07 Å². The van der Waals surface area contributed by atoms with Gasteiger partial charge in [0.1, 0.15) is 6.07 Å². The van der Waals surface area contributed by atoms with E-state index in [2.05, 4.69) is 10.5 Å². The highest BCUT2D eigenvalue weighted by Gasteiger charge is 2.33. The van der Waals surface area contributed by atoms with Gasteiger partial charge in [-0.15, -0.1) is 0 Å². The maximum Gasteiger partial charge on any atom is 0.416 e. The Bertz CT molecular complexity index is 971. The lowest BCUT2D eigenvalue weighted by atomic mass is 10.2. The first-order chi connectivity index (χ1) is 13.0. The summed E-state index contributed by atoms with van der Waals surface area (Å²) in [5, 5.41) is 19.6. The first-order valence-corrected chi connectivity index (χ1v) is 7.46. The van der Waals surface area contributed by atoms with Crippen molar-refractivity contribution in [3.8, 4) is 17.6 Å². The Kier molecular flexibility index (Phi) is 5.83. The summed E-state index contributed by atoms with van der Waals surface area (Å²) < 4.78 is 71.0. The Morgan fingerprint density at radius 1 is 1.21 bits per heavy atom. The van der Waals surface area contributed by atoms with Crippen LogP contribution >= 0.6 is 0 Å². The van der Waals surface area contributed by atoms with E-state index in [4.69, 9.17) is 21.1 Å². The molecule has 0 bridgehead atoms. The molecule has 0 aromatic heterocycles. The van der Waals surface area contributed by atoms with E-state index in [-0.39, 0.29) is 23.6 Å². The van der Waals surface area contributed by atoms with Crippen molar-refractivity contribution in [2.75, 3.05) is 5.43 Å². The van der Waals surface area contributed by atoms with Crippen molar-refractivity contribution in [3.63, 3.8) is 0 Å². The first-order valence-electron chi connectivity index (χ1n) is 7.46. The molecule has 2 rings (SSSR count). The van der Waals surface area contributed by atoms with Gasteiger partial charge in [0.05, 0.1) is 11.3 Å². The van der Waals surface area contributed by atoms with E-state index in [1.807, 2.05) is 0 Å². The van der Waals surface area contributed by atoms with Crippen LogP contribution in [0.25, 0.3) is 0 Å². The van der Waals surface area contributed by atoms with E-state index in [1.54, 1.807) is 13.0 Å². The quantitative estimate of drug-likeness (QED) is 0.302. The van der Waals surface area contributed by atoms with Gasteiger partial charge in [-0.2, -0.15) is 23.5 Å². The Hall–Kier alpha value is -3.68. The summed E-state index contributed by atoms with van der Waals surface area (Å²) in [5.74, 6) is -4.96. The molecule has 6 nitrogen and oxygen atoms in total. The molecular formula is C17H12F5N5O. The van der Waals surface area contributed by atoms with Crippen LogP contribution in [-0.4, -0.2) is 11.5 Å². The fraction of sp³-hybridized carbons (Fsp3) is 0.118. The molecule has 0 radical (unpaired) electrons. The lowest BCUT2D eigenvalue weighted by Crippen LogP contribution is -2.21. The summed E-state index contributed by atoms with van der Waals surface area (Å²) in [6.07, 6.45) is -4.92. The van der Waals surface area contributed by atoms with Gasteiger partial charge in [0.15, 0.2) is 29.0 Å². The summed E-state index contributed by atoms with van der Waals surface area (Å²) in [6, 6.07) is 6.04. The standard InChI is InChI=1S/C17H12F5N5O/c1-8-2-3-14(12(4-8)26-27-13(7-23)16(24)25)28-15-10(18)5-9(6-11(15)19)17(20,21)22/h2-6,26H,1H3,(H3,24,25)/b27-13+. The molecule has 4 N–H and O–H groups in total. The van der Waals surface area contributed by atoms with Crippen LogP contribution in [0.4, 0.5) is 27.6 Å². The van der Waals surface area contributed by atoms with Crippen molar-refractivity contribution in [1.82, 2.24) is 0 Å². The summed E-state index contributed by atoms with van der Waals surface area (Å²) in [4.78, 5) is 0. The molecule has 0 saturated heterocycles. The van der Waals surface area contributed by atoms with Crippen molar-refractivity contribution in [3.05, 3.63) is 53.1 Å². The normalized spacial score (nSPS) is 11.7. The van der Waals surface area contributed by atoms with Crippen LogP contribution in [0.1, 0.15) is 11.1 Å². The minimum absolute atomic E-state index is 0.0349. The van der Waals surface area contributed by atoms with E-state index >= 15 is 0 Å². The molecule has 0 spiro atoms. The van der Waals surface area contributed by atoms with E-state index in [0.717, 1.165) is 0 Å². The van der Waals surface area contributed by atoms with Crippen LogP contribution in [0, 0.1) is 35.3 Å². The van der Waals surface area contributed by atoms with Gasteiger partial charge in [0.2, 0.25) is 5.71 Å². The van der Waals surface area contributed by atoms with Crippen molar-refractivity contribution in [2.24, 2.45) is 10.8 Å². The number of alkyl halides is 3. The summed E-state index contributed by atoms with van der Waals surface area (Å²) in [7, 11) is 0. The molecule has 2 aromatic carbocycles. The molecule has 0 saturated carbocycles. The average Bonchev–Trinajstić information content (AvgIpc) is 2.58. The minimum Gasteiger partial charge on any atom is -0.449 e. The fourth-order valence-electron chi connectivity index (χ4n) is 2.01. The topological polar surface area (TPSA) is 107 Å². The lowest BCUT2D eigenvalue weighted by Gasteiger charge is -2.14. The fourth-order valence-corrected chi connectivity index (χ4v) is 2.01. The number of anilines is 1. The van der Waals surface area contributed by atoms with Gasteiger partial charge in [-0.05, 0) is 36.8 Å². The number of hydrazone groups is 1. The number of rotatable bonds is 5. The second kappa shape index (κ2) is 7.91. The van der Waals surface area contributed by atoms with Crippen LogP contribution in [0.2, 0.25) is 0 Å². The smallest absolute Gasteiger partial charge is 0.416 e. The number of nitriles is 1. The Balaban J connectivity index is 2.43. The van der Waals surface area contributed by atoms with Gasteiger partial charge < -0.3 is 10.5 Å². The van der Waals surface area contributed by atoms with Crippen molar-refractivity contribution < 1.29 is 26.7 Å². The van der Waals surface area contributed by atoms with Crippen LogP contribution < -0.4 is 15.9 Å². The average molecular weight is 397 g/mol. The van der Waals surface area contributed by atoms with Gasteiger partial charge in [0.25, 0.3) is 0 Å². The first kappa shape index (κ1) is 20.6. The highest BCUT2D eigenvalue weighted by Crippen LogP contribution is 2.37. The van der Waals surface area contributed by atoms with E-state index in [0.29, 0.717) is 5.56 Å². The number of aryl methyl sites for hydroxylation is 1. The third-order valence-electron chi connectivity index (χ3n) is 3.32. The number of hydrogen-bond donors (Lipinski definition) is 3. The van der Waals surface area contributed by atoms with Crippen molar-refractivity contribution in [1.29, 1.82) is 10.7 Å². The monoisotopic (exact) mass is 397 g/mol. The molecule has 0 amide bonds. The van der Waals surface area contributed by atoms with Gasteiger partial charge in [-0.25, -0.2) is 8.78 Å². The molecule has 0 fully saturated rings. The molecule has 0 unspecified atom stereocenters. The van der Waals surface area contributed by atoms with E-state index < -0.39 is 40.7 Å². The molecule has 28 heavy (non-hydrogen) atoms. The molecule has 2 aromatic rings. The van der Waals surface area contributed by atoms with Crippen molar-refractivity contribution >= 4 is 17.2 Å². The number of amidine groups is 1. The Morgan fingerprint density at radius 3 is 2.32 bits per heavy atom. The van der Waals surface area contributed by atoms with Crippen molar-refractivity contribution in [2.45, 2.75) is 13.1 Å². The maximum atomic E-state index is 14.0. The van der Waals surface area contributed by atoms with Crippen LogP contribution in [-0.2, 0) is 6.18 Å². The molecule has 146 valence electrons. The van der Waals surface area contributed by atoms with Crippen LogP contribution in [0.15, 0.2) is 35.4 Å². The molecule has 0 aliphatic heterocycles. The van der Waals surface area contributed by atoms with Crippen LogP contribution in [0.3, 0.4) is 0 Å². The number of nitrogens with one attached hydrogen (secondary N) is 2. The Labute approximate surface area is 155 Å². The molecule has 0 atom stereocenters. The Morgan fingerprint density at radius 2 is 1.82 bits per heavy atom. The summed E-state index contributed by atoms with van der Waals surface area (Å²) >= 11 is 0. The summed E-state index contributed by atoms with van der Waals surface area (Å²) in [6.45, 7) is 1.67. The molecular weight excluding hydrogens is 385 g/mol. The number of hydrogen-bond acceptors (Lipinski definition) is 5. The predicted octanol–water partition coefficient (Wildman–Crippen LogP) is 4.31. The molecule has 0 aliphatic rings. The molecule has 0 heterocycles. The van der Waals surface area contributed by atoms with E-state index in [1.165, 1.54) is 18.2 Å². The lowest BCUT2D eigenvalue weighted by molar-refractivity contribution is -0.138. The second-order valence-electron chi connectivity index (χ2n) is 5.47. The highest BCUT2D eigenvalue weighted by molar-refractivity contribution is 6.45. The number of ether oxygens (including phenoxy) is 1. The predicted molar refractivity (Wildman–Crippen MR) is 91.2 cm³/mol. The van der Waals surface area contributed by atoms with Gasteiger partial charge >= 0.3 is 6.18 Å². The number of nitrogens with two attached hydrogens (primary N) is 1. The summed E-state index contributed by atoms with van der Waals surface area (Å²) in [5.41, 5.74) is 6.28. The third-order valence-corrected chi connectivity index (χ3v) is 3.32. The molecule has 11 heteroatoms.